The van der Waals surface area contributed by atoms with Crippen molar-refractivity contribution in [2.24, 2.45) is 5.92 Å². The second-order valence-electron chi connectivity index (χ2n) is 10.1. The van der Waals surface area contributed by atoms with Gasteiger partial charge in [0.15, 0.2) is 11.5 Å². The van der Waals surface area contributed by atoms with Crippen LogP contribution in [0.3, 0.4) is 0 Å². The van der Waals surface area contributed by atoms with Crippen molar-refractivity contribution in [1.29, 1.82) is 0 Å². The number of carbonyl (C=O) groups is 1. The first-order valence-corrected chi connectivity index (χ1v) is 12.9. The fraction of sp³-hybridized carbons (Fsp3) is 0.300. The summed E-state index contributed by atoms with van der Waals surface area (Å²) in [6.07, 6.45) is -3.53. The van der Waals surface area contributed by atoms with E-state index < -0.39 is 6.36 Å². The maximum atomic E-state index is 13.8. The highest BCUT2D eigenvalue weighted by Gasteiger charge is 2.37. The van der Waals surface area contributed by atoms with Crippen molar-refractivity contribution in [1.82, 2.24) is 9.88 Å². The van der Waals surface area contributed by atoms with E-state index in [9.17, 15) is 18.0 Å². The largest absolute Gasteiger partial charge is 0.573 e. The summed E-state index contributed by atoms with van der Waals surface area (Å²) in [6.45, 7) is 2.73. The smallest absolute Gasteiger partial charge is 0.497 e. The summed E-state index contributed by atoms with van der Waals surface area (Å²) in [6, 6.07) is 16.5. The standard InChI is InChI=1S/C30H27F3N2O5/c1-17(13-18-3-10-25-26(14-18)39-16-38-25)28-27-22(23-15-21(37-2)8-9-24(23)34-27)11-12-35(28)29(36)19-4-6-20(7-5-19)40-30(31,32)33/h3-10,14-15,17,28,34H,11-13,16H2,1-2H3. The summed E-state index contributed by atoms with van der Waals surface area (Å²) in [5, 5.41) is 1.05. The lowest BCUT2D eigenvalue weighted by Crippen LogP contribution is -2.43. The Labute approximate surface area is 228 Å². The zero-order valence-corrected chi connectivity index (χ0v) is 21.9. The number of alkyl halides is 3. The van der Waals surface area contributed by atoms with Crippen LogP contribution in [0.25, 0.3) is 10.9 Å². The third-order valence-corrected chi connectivity index (χ3v) is 7.51. The maximum Gasteiger partial charge on any atom is 0.573 e. The highest BCUT2D eigenvalue weighted by atomic mass is 19.4. The molecular formula is C30H27F3N2O5. The Bertz CT molecular complexity index is 1560. The van der Waals surface area contributed by atoms with Crippen LogP contribution in [0.15, 0.2) is 60.7 Å². The van der Waals surface area contributed by atoms with E-state index in [0.717, 1.165) is 45.6 Å². The van der Waals surface area contributed by atoms with Crippen LogP contribution in [0.1, 0.15) is 40.1 Å². The van der Waals surface area contributed by atoms with Gasteiger partial charge in [-0.15, -0.1) is 13.2 Å². The lowest BCUT2D eigenvalue weighted by Gasteiger charge is -2.39. The van der Waals surface area contributed by atoms with Crippen molar-refractivity contribution in [3.05, 3.63) is 83.0 Å². The molecule has 0 fully saturated rings. The number of carbonyl (C=O) groups excluding carboxylic acids is 1. The van der Waals surface area contributed by atoms with Crippen molar-refractivity contribution >= 4 is 16.8 Å². The van der Waals surface area contributed by atoms with Crippen LogP contribution in [0.2, 0.25) is 0 Å². The quantitative estimate of drug-likeness (QED) is 0.299. The predicted octanol–water partition coefficient (Wildman–Crippen LogP) is 6.42. The number of rotatable bonds is 6. The molecule has 40 heavy (non-hydrogen) atoms. The number of hydrogen-bond donors (Lipinski definition) is 1. The number of amides is 1. The van der Waals surface area contributed by atoms with Gasteiger partial charge in [0.2, 0.25) is 6.79 Å². The van der Waals surface area contributed by atoms with Crippen molar-refractivity contribution in [3.63, 3.8) is 0 Å². The minimum absolute atomic E-state index is 0.0221. The van der Waals surface area contributed by atoms with Crippen molar-refractivity contribution in [2.45, 2.75) is 32.2 Å². The van der Waals surface area contributed by atoms with Crippen LogP contribution in [-0.4, -0.2) is 42.6 Å². The fourth-order valence-corrected chi connectivity index (χ4v) is 5.76. The first-order chi connectivity index (χ1) is 19.2. The van der Waals surface area contributed by atoms with Gasteiger partial charge in [0.05, 0.1) is 13.2 Å². The molecule has 0 bridgehead atoms. The molecule has 0 saturated carbocycles. The molecule has 1 aromatic heterocycles. The molecule has 6 rings (SSSR count). The van der Waals surface area contributed by atoms with E-state index in [1.54, 1.807) is 7.11 Å². The van der Waals surface area contributed by atoms with Gasteiger partial charge >= 0.3 is 6.36 Å². The summed E-state index contributed by atoms with van der Waals surface area (Å²) in [7, 11) is 1.63. The summed E-state index contributed by atoms with van der Waals surface area (Å²) < 4.78 is 58.3. The second kappa shape index (κ2) is 10.0. The third kappa shape index (κ3) is 4.89. The molecule has 3 heterocycles. The highest BCUT2D eigenvalue weighted by molar-refractivity contribution is 5.95. The van der Waals surface area contributed by atoms with Gasteiger partial charge in [-0.3, -0.25) is 4.79 Å². The second-order valence-corrected chi connectivity index (χ2v) is 10.1. The molecule has 10 heteroatoms. The van der Waals surface area contributed by atoms with Crippen LogP contribution < -0.4 is 18.9 Å². The van der Waals surface area contributed by atoms with Gasteiger partial charge in [0.25, 0.3) is 5.91 Å². The monoisotopic (exact) mass is 552 g/mol. The molecule has 0 aliphatic carbocycles. The number of nitrogens with zero attached hydrogens (tertiary/aromatic N) is 1. The molecule has 208 valence electrons. The van der Waals surface area contributed by atoms with Crippen LogP contribution >= 0.6 is 0 Å². The maximum absolute atomic E-state index is 13.8. The number of halogens is 3. The summed E-state index contributed by atoms with van der Waals surface area (Å²) in [5.41, 5.74) is 4.37. The number of ether oxygens (including phenoxy) is 4. The molecule has 3 aromatic carbocycles. The topological polar surface area (TPSA) is 73.0 Å². The molecule has 2 unspecified atom stereocenters. The zero-order chi connectivity index (χ0) is 28.0. The van der Waals surface area contributed by atoms with E-state index in [1.165, 1.54) is 12.1 Å². The van der Waals surface area contributed by atoms with E-state index in [-0.39, 0.29) is 36.0 Å². The number of aromatic nitrogens is 1. The molecule has 1 amide bonds. The minimum Gasteiger partial charge on any atom is -0.497 e. The summed E-state index contributed by atoms with van der Waals surface area (Å²) in [5.74, 6) is 1.49. The number of hydrogen-bond acceptors (Lipinski definition) is 5. The van der Waals surface area contributed by atoms with E-state index in [2.05, 4.69) is 16.6 Å². The Morgan fingerprint density at radius 1 is 1.05 bits per heavy atom. The Kier molecular flexibility index (Phi) is 6.48. The van der Waals surface area contributed by atoms with Crippen molar-refractivity contribution in [3.8, 4) is 23.0 Å². The molecule has 2 aliphatic heterocycles. The Balaban J connectivity index is 1.35. The van der Waals surface area contributed by atoms with Crippen molar-refractivity contribution in [2.75, 3.05) is 20.4 Å². The predicted molar refractivity (Wildman–Crippen MR) is 141 cm³/mol. The van der Waals surface area contributed by atoms with Crippen LogP contribution in [0.4, 0.5) is 13.2 Å². The van der Waals surface area contributed by atoms with Crippen molar-refractivity contribution < 1.29 is 36.9 Å². The lowest BCUT2D eigenvalue weighted by atomic mass is 9.85. The number of nitrogens with one attached hydrogen (secondary N) is 1. The number of benzene rings is 3. The third-order valence-electron chi connectivity index (χ3n) is 7.51. The van der Waals surface area contributed by atoms with Gasteiger partial charge in [-0.25, -0.2) is 0 Å². The number of methoxy groups -OCH3 is 1. The zero-order valence-electron chi connectivity index (χ0n) is 21.9. The fourth-order valence-electron chi connectivity index (χ4n) is 5.76. The van der Waals surface area contributed by atoms with Gasteiger partial charge in [-0.1, -0.05) is 13.0 Å². The van der Waals surface area contributed by atoms with Crippen LogP contribution in [0.5, 0.6) is 23.0 Å². The van der Waals surface area contributed by atoms with Gasteiger partial charge in [-0.05, 0) is 84.5 Å². The van der Waals surface area contributed by atoms with Gasteiger partial charge in [-0.2, -0.15) is 0 Å². The average Bonchev–Trinajstić information content (AvgIpc) is 3.55. The molecule has 2 atom stereocenters. The number of fused-ring (bicyclic) bond motifs is 4. The Morgan fingerprint density at radius 3 is 2.55 bits per heavy atom. The molecule has 4 aromatic rings. The minimum atomic E-state index is -4.80. The van der Waals surface area contributed by atoms with Gasteiger partial charge in [0, 0.05) is 28.7 Å². The molecule has 1 N–H and O–H groups in total. The normalized spacial score (nSPS) is 17.0. The van der Waals surface area contributed by atoms with E-state index in [0.29, 0.717) is 30.9 Å². The van der Waals surface area contributed by atoms with E-state index in [1.807, 2.05) is 41.3 Å². The molecule has 0 radical (unpaired) electrons. The summed E-state index contributed by atoms with van der Waals surface area (Å²) >= 11 is 0. The Morgan fingerprint density at radius 2 is 1.80 bits per heavy atom. The number of H-pyrrole nitrogens is 1. The van der Waals surface area contributed by atoms with Crippen LogP contribution in [-0.2, 0) is 12.8 Å². The average molecular weight is 553 g/mol. The molecule has 7 nitrogen and oxygen atoms in total. The molecule has 0 spiro atoms. The number of aromatic amines is 1. The summed E-state index contributed by atoms with van der Waals surface area (Å²) in [4.78, 5) is 19.2. The van der Waals surface area contributed by atoms with Gasteiger partial charge in [0.1, 0.15) is 11.5 Å². The highest BCUT2D eigenvalue weighted by Crippen LogP contribution is 2.42. The lowest BCUT2D eigenvalue weighted by molar-refractivity contribution is -0.274. The van der Waals surface area contributed by atoms with E-state index in [4.69, 9.17) is 14.2 Å². The Hall–Kier alpha value is -4.34. The van der Waals surface area contributed by atoms with Crippen LogP contribution in [0, 0.1) is 5.92 Å². The molecular weight excluding hydrogens is 525 g/mol. The van der Waals surface area contributed by atoms with Gasteiger partial charge < -0.3 is 28.8 Å². The first-order valence-electron chi connectivity index (χ1n) is 12.9. The molecule has 2 aliphatic rings. The van der Waals surface area contributed by atoms with E-state index >= 15 is 0 Å². The SMILES string of the molecule is COc1ccc2[nH]c3c(c2c1)CCN(C(=O)c1ccc(OC(F)(F)F)cc1)C3C(C)Cc1ccc2c(c1)OCO2. The molecule has 0 saturated heterocycles. The first kappa shape index (κ1) is 25.9.